The van der Waals surface area contributed by atoms with E-state index >= 15 is 0 Å². The second kappa shape index (κ2) is 5.65. The van der Waals surface area contributed by atoms with Gasteiger partial charge in [0, 0.05) is 13.1 Å². The van der Waals surface area contributed by atoms with Gasteiger partial charge in [0.15, 0.2) is 11.5 Å². The number of phenols is 1. The van der Waals surface area contributed by atoms with Gasteiger partial charge in [0.2, 0.25) is 0 Å². The normalized spacial score (nSPS) is 10.5. The average molecular weight is 261 g/mol. The lowest BCUT2D eigenvalue weighted by molar-refractivity contribution is 0.373. The van der Waals surface area contributed by atoms with Crippen LogP contribution in [0.25, 0.3) is 0 Å². The van der Waals surface area contributed by atoms with Crippen LogP contribution < -0.4 is 10.1 Å². The van der Waals surface area contributed by atoms with Crippen LogP contribution in [0.5, 0.6) is 11.5 Å². The number of hydrogen-bond acceptors (Lipinski definition) is 4. The van der Waals surface area contributed by atoms with Crippen LogP contribution in [0.15, 0.2) is 24.4 Å². The van der Waals surface area contributed by atoms with Crippen LogP contribution in [-0.2, 0) is 13.1 Å². The molecular weight excluding hydrogens is 242 g/mol. The van der Waals surface area contributed by atoms with Crippen LogP contribution in [0, 0.1) is 6.92 Å². The number of ether oxygens (including phenoxy) is 1. The van der Waals surface area contributed by atoms with E-state index in [0.29, 0.717) is 12.3 Å². The highest BCUT2D eigenvalue weighted by atomic mass is 16.5. The molecule has 0 amide bonds. The molecule has 2 N–H and O–H groups in total. The third-order valence-electron chi connectivity index (χ3n) is 3.13. The Morgan fingerprint density at radius 3 is 2.84 bits per heavy atom. The topological polar surface area (TPSA) is 59.3 Å². The van der Waals surface area contributed by atoms with E-state index in [4.69, 9.17) is 4.74 Å². The number of nitrogens with one attached hydrogen (secondary N) is 1. The van der Waals surface area contributed by atoms with Gasteiger partial charge < -0.3 is 15.2 Å². The van der Waals surface area contributed by atoms with Crippen molar-refractivity contribution in [3.05, 3.63) is 35.7 Å². The Morgan fingerprint density at radius 2 is 2.21 bits per heavy atom. The van der Waals surface area contributed by atoms with Gasteiger partial charge in [0.05, 0.1) is 24.7 Å². The number of aromatic hydroxyl groups is 1. The lowest BCUT2D eigenvalue weighted by Gasteiger charge is -2.09. The number of benzene rings is 1. The van der Waals surface area contributed by atoms with Gasteiger partial charge in [0.25, 0.3) is 0 Å². The Hall–Kier alpha value is -2.17. The Labute approximate surface area is 112 Å². The molecule has 0 atom stereocenters. The molecule has 0 spiro atoms. The molecule has 1 aromatic heterocycles. The van der Waals surface area contributed by atoms with Crippen molar-refractivity contribution in [3.63, 3.8) is 0 Å². The van der Waals surface area contributed by atoms with Gasteiger partial charge in [-0.3, -0.25) is 4.68 Å². The molecule has 0 radical (unpaired) electrons. The zero-order valence-electron chi connectivity index (χ0n) is 11.5. The van der Waals surface area contributed by atoms with Crippen molar-refractivity contribution >= 4 is 5.69 Å². The minimum Gasteiger partial charge on any atom is -0.504 e. The SMILES string of the molecule is CCn1ncc(NCc2ccc(O)c(OC)c2)c1C. The summed E-state index contributed by atoms with van der Waals surface area (Å²) in [4.78, 5) is 0. The number of phenolic OH excluding ortho intramolecular Hbond substituents is 1. The van der Waals surface area contributed by atoms with Crippen molar-refractivity contribution in [1.82, 2.24) is 9.78 Å². The number of aryl methyl sites for hydroxylation is 1. The molecule has 5 heteroatoms. The monoisotopic (exact) mass is 261 g/mol. The summed E-state index contributed by atoms with van der Waals surface area (Å²) in [5.74, 6) is 0.640. The van der Waals surface area contributed by atoms with Crippen molar-refractivity contribution in [2.24, 2.45) is 0 Å². The highest BCUT2D eigenvalue weighted by Gasteiger charge is 2.06. The number of anilines is 1. The van der Waals surface area contributed by atoms with Crippen molar-refractivity contribution in [2.75, 3.05) is 12.4 Å². The molecule has 5 nitrogen and oxygen atoms in total. The molecule has 1 aromatic carbocycles. The van der Waals surface area contributed by atoms with Gasteiger partial charge >= 0.3 is 0 Å². The Balaban J connectivity index is 2.08. The number of nitrogens with zero attached hydrogens (tertiary/aromatic N) is 2. The molecule has 102 valence electrons. The van der Waals surface area contributed by atoms with E-state index in [1.54, 1.807) is 13.2 Å². The Bertz CT molecular complexity index is 564. The number of rotatable bonds is 5. The van der Waals surface area contributed by atoms with E-state index in [2.05, 4.69) is 17.3 Å². The smallest absolute Gasteiger partial charge is 0.160 e. The number of aromatic nitrogens is 2. The van der Waals surface area contributed by atoms with Crippen molar-refractivity contribution in [3.8, 4) is 11.5 Å². The quantitative estimate of drug-likeness (QED) is 0.868. The first-order valence-electron chi connectivity index (χ1n) is 6.27. The van der Waals surface area contributed by atoms with E-state index in [9.17, 15) is 5.11 Å². The second-order valence-electron chi connectivity index (χ2n) is 4.32. The van der Waals surface area contributed by atoms with E-state index in [0.717, 1.165) is 23.5 Å². The first kappa shape index (κ1) is 13.3. The summed E-state index contributed by atoms with van der Waals surface area (Å²) in [5, 5.41) is 17.2. The maximum Gasteiger partial charge on any atom is 0.160 e. The molecular formula is C14H19N3O2. The van der Waals surface area contributed by atoms with Gasteiger partial charge in [-0.1, -0.05) is 6.07 Å². The first-order valence-corrected chi connectivity index (χ1v) is 6.27. The molecule has 2 aromatic rings. The van der Waals surface area contributed by atoms with Crippen molar-refractivity contribution in [2.45, 2.75) is 26.9 Å². The van der Waals surface area contributed by atoms with Crippen LogP contribution in [0.1, 0.15) is 18.2 Å². The van der Waals surface area contributed by atoms with Crippen LogP contribution in [0.4, 0.5) is 5.69 Å². The second-order valence-corrected chi connectivity index (χ2v) is 4.32. The molecule has 0 bridgehead atoms. The predicted octanol–water partition coefficient (Wildman–Crippen LogP) is 2.54. The fourth-order valence-electron chi connectivity index (χ4n) is 1.97. The summed E-state index contributed by atoms with van der Waals surface area (Å²) >= 11 is 0. The molecule has 0 saturated carbocycles. The summed E-state index contributed by atoms with van der Waals surface area (Å²) in [6, 6.07) is 5.32. The lowest BCUT2D eigenvalue weighted by Crippen LogP contribution is -2.02. The molecule has 0 fully saturated rings. The molecule has 19 heavy (non-hydrogen) atoms. The summed E-state index contributed by atoms with van der Waals surface area (Å²) < 4.78 is 7.03. The lowest BCUT2D eigenvalue weighted by atomic mass is 10.2. The van der Waals surface area contributed by atoms with E-state index in [1.165, 1.54) is 0 Å². The molecule has 0 aliphatic carbocycles. The highest BCUT2D eigenvalue weighted by Crippen LogP contribution is 2.26. The van der Waals surface area contributed by atoms with E-state index in [1.807, 2.05) is 29.9 Å². The first-order chi connectivity index (χ1) is 9.15. The fraction of sp³-hybridized carbons (Fsp3) is 0.357. The van der Waals surface area contributed by atoms with Gasteiger partial charge in [-0.05, 0) is 31.5 Å². The molecule has 0 aliphatic rings. The highest BCUT2D eigenvalue weighted by molar-refractivity contribution is 5.48. The van der Waals surface area contributed by atoms with Crippen molar-refractivity contribution < 1.29 is 9.84 Å². The van der Waals surface area contributed by atoms with Crippen molar-refractivity contribution in [1.29, 1.82) is 0 Å². The maximum absolute atomic E-state index is 9.54. The van der Waals surface area contributed by atoms with Crippen LogP contribution in [0.2, 0.25) is 0 Å². The molecule has 1 heterocycles. The maximum atomic E-state index is 9.54. The molecule has 0 unspecified atom stereocenters. The standard InChI is InChI=1S/C14H19N3O2/c1-4-17-10(2)12(9-16-17)15-8-11-5-6-13(18)14(7-11)19-3/h5-7,9,15,18H,4,8H2,1-3H3. The summed E-state index contributed by atoms with van der Waals surface area (Å²) in [7, 11) is 1.54. The average Bonchev–Trinajstić information content (AvgIpc) is 2.78. The van der Waals surface area contributed by atoms with Gasteiger partial charge in [-0.2, -0.15) is 5.10 Å². The van der Waals surface area contributed by atoms with Gasteiger partial charge in [0.1, 0.15) is 0 Å². The van der Waals surface area contributed by atoms with Crippen LogP contribution in [-0.4, -0.2) is 22.0 Å². The fourth-order valence-corrected chi connectivity index (χ4v) is 1.97. The molecule has 0 aliphatic heterocycles. The third-order valence-corrected chi connectivity index (χ3v) is 3.13. The molecule has 2 rings (SSSR count). The zero-order chi connectivity index (χ0) is 13.8. The minimum atomic E-state index is 0.154. The zero-order valence-corrected chi connectivity index (χ0v) is 11.5. The largest absolute Gasteiger partial charge is 0.504 e. The van der Waals surface area contributed by atoms with E-state index in [-0.39, 0.29) is 5.75 Å². The van der Waals surface area contributed by atoms with E-state index < -0.39 is 0 Å². The van der Waals surface area contributed by atoms with Gasteiger partial charge in [-0.15, -0.1) is 0 Å². The predicted molar refractivity (Wildman–Crippen MR) is 74.6 cm³/mol. The summed E-state index contributed by atoms with van der Waals surface area (Å²) in [6.45, 7) is 5.62. The number of methoxy groups -OCH3 is 1. The Morgan fingerprint density at radius 1 is 1.42 bits per heavy atom. The summed E-state index contributed by atoms with van der Waals surface area (Å²) in [5.41, 5.74) is 3.18. The van der Waals surface area contributed by atoms with Crippen LogP contribution >= 0.6 is 0 Å². The molecule has 0 saturated heterocycles. The summed E-state index contributed by atoms with van der Waals surface area (Å²) in [6.07, 6.45) is 1.83. The minimum absolute atomic E-state index is 0.154. The number of hydrogen-bond donors (Lipinski definition) is 2. The third kappa shape index (κ3) is 2.81. The Kier molecular flexibility index (Phi) is 3.94. The van der Waals surface area contributed by atoms with Gasteiger partial charge in [-0.25, -0.2) is 0 Å². The van der Waals surface area contributed by atoms with Crippen LogP contribution in [0.3, 0.4) is 0 Å².